The smallest absolute Gasteiger partial charge is 0.408 e. The van der Waals surface area contributed by atoms with E-state index in [2.05, 4.69) is 10.6 Å². The maximum absolute atomic E-state index is 12.6. The van der Waals surface area contributed by atoms with Gasteiger partial charge in [-0.1, -0.05) is 35.9 Å². The molecule has 0 aromatic heterocycles. The number of ether oxygens (including phenoxy) is 2. The molecule has 2 rings (SSSR count). The lowest BCUT2D eigenvalue weighted by Crippen LogP contribution is -2.45. The molecular weight excluding hydrogens is 420 g/mol. The third kappa shape index (κ3) is 7.29. The average molecular weight is 447 g/mol. The predicted octanol–water partition coefficient (Wildman–Crippen LogP) is 4.51. The molecule has 2 aromatic rings. The van der Waals surface area contributed by atoms with E-state index in [9.17, 15) is 14.4 Å². The van der Waals surface area contributed by atoms with Gasteiger partial charge in [0.25, 0.3) is 5.91 Å². The van der Waals surface area contributed by atoms with Crippen LogP contribution >= 0.6 is 11.6 Å². The van der Waals surface area contributed by atoms with Crippen molar-refractivity contribution in [1.29, 1.82) is 0 Å². The molecular formula is C23H27ClN2O5. The SMILES string of the molecule is COC(=O)[C@H](Cc1ccc(NC(=O)c2c(C)cccc2Cl)cc1)NC(=O)OC(C)(C)C. The van der Waals surface area contributed by atoms with Crippen LogP contribution in [0.5, 0.6) is 0 Å². The highest BCUT2D eigenvalue weighted by atomic mass is 35.5. The Hall–Kier alpha value is -3.06. The van der Waals surface area contributed by atoms with Gasteiger partial charge >= 0.3 is 12.1 Å². The maximum Gasteiger partial charge on any atom is 0.408 e. The zero-order chi connectivity index (χ0) is 23.2. The zero-order valence-corrected chi connectivity index (χ0v) is 19.0. The number of amides is 2. The van der Waals surface area contributed by atoms with E-state index in [1.165, 1.54) is 7.11 Å². The number of methoxy groups -OCH3 is 1. The lowest BCUT2D eigenvalue weighted by molar-refractivity contribution is -0.143. The van der Waals surface area contributed by atoms with Gasteiger partial charge in [0.1, 0.15) is 11.6 Å². The van der Waals surface area contributed by atoms with Crippen molar-refractivity contribution in [3.8, 4) is 0 Å². The van der Waals surface area contributed by atoms with Crippen molar-refractivity contribution in [3.63, 3.8) is 0 Å². The van der Waals surface area contributed by atoms with Crippen molar-refractivity contribution in [3.05, 3.63) is 64.2 Å². The molecule has 0 fully saturated rings. The molecule has 7 nitrogen and oxygen atoms in total. The van der Waals surface area contributed by atoms with Crippen LogP contribution in [-0.4, -0.2) is 36.7 Å². The van der Waals surface area contributed by atoms with Gasteiger partial charge in [-0.05, 0) is 57.0 Å². The van der Waals surface area contributed by atoms with Gasteiger partial charge in [0.15, 0.2) is 0 Å². The first-order valence-electron chi connectivity index (χ1n) is 9.73. The lowest BCUT2D eigenvalue weighted by atomic mass is 10.1. The number of carbonyl (C=O) groups is 3. The van der Waals surface area contributed by atoms with E-state index in [0.29, 0.717) is 16.3 Å². The van der Waals surface area contributed by atoms with Crippen LogP contribution in [0.1, 0.15) is 42.3 Å². The fourth-order valence-corrected chi connectivity index (χ4v) is 3.17. The maximum atomic E-state index is 12.6. The molecule has 2 amide bonds. The number of halogens is 1. The van der Waals surface area contributed by atoms with Crippen LogP contribution in [0.4, 0.5) is 10.5 Å². The van der Waals surface area contributed by atoms with E-state index >= 15 is 0 Å². The second-order valence-electron chi connectivity index (χ2n) is 8.01. The van der Waals surface area contributed by atoms with Gasteiger partial charge in [-0.3, -0.25) is 4.79 Å². The van der Waals surface area contributed by atoms with E-state index in [4.69, 9.17) is 21.1 Å². The van der Waals surface area contributed by atoms with Crippen LogP contribution in [0.3, 0.4) is 0 Å². The molecule has 31 heavy (non-hydrogen) atoms. The van der Waals surface area contributed by atoms with Crippen LogP contribution in [0.25, 0.3) is 0 Å². The molecule has 0 spiro atoms. The predicted molar refractivity (Wildman–Crippen MR) is 119 cm³/mol. The average Bonchev–Trinajstić information content (AvgIpc) is 2.66. The van der Waals surface area contributed by atoms with E-state index in [-0.39, 0.29) is 12.3 Å². The molecule has 0 unspecified atom stereocenters. The second-order valence-corrected chi connectivity index (χ2v) is 8.42. The number of esters is 1. The van der Waals surface area contributed by atoms with Crippen LogP contribution < -0.4 is 10.6 Å². The summed E-state index contributed by atoms with van der Waals surface area (Å²) in [5, 5.41) is 5.72. The Balaban J connectivity index is 2.07. The number of alkyl carbamates (subject to hydrolysis) is 1. The summed E-state index contributed by atoms with van der Waals surface area (Å²) in [4.78, 5) is 36.7. The molecule has 0 heterocycles. The molecule has 0 saturated heterocycles. The van der Waals surface area contributed by atoms with Gasteiger partial charge in [0, 0.05) is 12.1 Å². The minimum absolute atomic E-state index is 0.198. The molecule has 2 aromatic carbocycles. The van der Waals surface area contributed by atoms with Gasteiger partial charge in [0.2, 0.25) is 0 Å². The first-order valence-corrected chi connectivity index (χ1v) is 10.1. The Labute approximate surface area is 187 Å². The highest BCUT2D eigenvalue weighted by Gasteiger charge is 2.25. The normalized spacial score (nSPS) is 11.9. The highest BCUT2D eigenvalue weighted by molar-refractivity contribution is 6.34. The van der Waals surface area contributed by atoms with E-state index in [0.717, 1.165) is 11.1 Å². The number of hydrogen-bond acceptors (Lipinski definition) is 5. The summed E-state index contributed by atoms with van der Waals surface area (Å²) >= 11 is 6.15. The van der Waals surface area contributed by atoms with Crippen LogP contribution in [-0.2, 0) is 20.7 Å². The second kappa shape index (κ2) is 10.3. The van der Waals surface area contributed by atoms with Gasteiger partial charge in [0.05, 0.1) is 17.7 Å². The Morgan fingerprint density at radius 1 is 1.06 bits per heavy atom. The van der Waals surface area contributed by atoms with Crippen molar-refractivity contribution in [2.75, 3.05) is 12.4 Å². The number of nitrogens with one attached hydrogen (secondary N) is 2. The van der Waals surface area contributed by atoms with Gasteiger partial charge in [-0.15, -0.1) is 0 Å². The lowest BCUT2D eigenvalue weighted by Gasteiger charge is -2.22. The Morgan fingerprint density at radius 2 is 1.71 bits per heavy atom. The first-order chi connectivity index (χ1) is 14.5. The summed E-state index contributed by atoms with van der Waals surface area (Å²) in [6.07, 6.45) is -0.508. The van der Waals surface area contributed by atoms with E-state index < -0.39 is 23.7 Å². The topological polar surface area (TPSA) is 93.7 Å². The minimum Gasteiger partial charge on any atom is -0.467 e. The Kier molecular flexibility index (Phi) is 8.05. The van der Waals surface area contributed by atoms with Crippen LogP contribution in [0, 0.1) is 6.92 Å². The number of carbonyl (C=O) groups excluding carboxylic acids is 3. The summed E-state index contributed by atoms with van der Waals surface area (Å²) in [6, 6.07) is 11.3. The fourth-order valence-electron chi connectivity index (χ4n) is 2.86. The Morgan fingerprint density at radius 3 is 2.26 bits per heavy atom. The standard InChI is InChI=1S/C23H27ClN2O5/c1-14-7-6-8-17(24)19(14)20(27)25-16-11-9-15(10-12-16)13-18(21(28)30-5)26-22(29)31-23(2,3)4/h6-12,18H,13H2,1-5H3,(H,25,27)(H,26,29)/t18-/m0/s1. The van der Waals surface area contributed by atoms with Crippen LogP contribution in [0.15, 0.2) is 42.5 Å². The molecule has 0 radical (unpaired) electrons. The molecule has 1 atom stereocenters. The first kappa shape index (κ1) is 24.2. The molecule has 8 heteroatoms. The summed E-state index contributed by atoms with van der Waals surface area (Å²) in [5.74, 6) is -0.896. The third-order valence-electron chi connectivity index (χ3n) is 4.28. The highest BCUT2D eigenvalue weighted by Crippen LogP contribution is 2.21. The molecule has 2 N–H and O–H groups in total. The van der Waals surface area contributed by atoms with Gasteiger partial charge < -0.3 is 20.1 Å². The Bertz CT molecular complexity index is 931. The van der Waals surface area contributed by atoms with E-state index in [1.807, 2.05) is 13.0 Å². The number of benzene rings is 2. The van der Waals surface area contributed by atoms with Crippen LogP contribution in [0.2, 0.25) is 5.02 Å². The monoisotopic (exact) mass is 446 g/mol. The van der Waals surface area contributed by atoms with E-state index in [1.54, 1.807) is 57.2 Å². The number of anilines is 1. The molecule has 0 aliphatic heterocycles. The third-order valence-corrected chi connectivity index (χ3v) is 4.59. The summed E-state index contributed by atoms with van der Waals surface area (Å²) in [7, 11) is 1.25. The summed E-state index contributed by atoms with van der Waals surface area (Å²) in [5.41, 5.74) is 1.84. The molecule has 0 bridgehead atoms. The fraction of sp³-hybridized carbons (Fsp3) is 0.348. The minimum atomic E-state index is -0.911. The van der Waals surface area contributed by atoms with Crippen molar-refractivity contribution in [1.82, 2.24) is 5.32 Å². The zero-order valence-electron chi connectivity index (χ0n) is 18.2. The van der Waals surface area contributed by atoms with Gasteiger partial charge in [-0.25, -0.2) is 9.59 Å². The number of hydrogen-bond donors (Lipinski definition) is 2. The number of rotatable bonds is 6. The largest absolute Gasteiger partial charge is 0.467 e. The number of aryl methyl sites for hydroxylation is 1. The molecule has 0 aliphatic rings. The van der Waals surface area contributed by atoms with Crippen molar-refractivity contribution in [2.45, 2.75) is 45.8 Å². The quantitative estimate of drug-likeness (QED) is 0.637. The summed E-state index contributed by atoms with van der Waals surface area (Å²) < 4.78 is 9.99. The van der Waals surface area contributed by atoms with Crippen molar-refractivity contribution >= 4 is 35.3 Å². The molecule has 166 valence electrons. The van der Waals surface area contributed by atoms with Crippen molar-refractivity contribution < 1.29 is 23.9 Å². The van der Waals surface area contributed by atoms with Crippen molar-refractivity contribution in [2.24, 2.45) is 0 Å². The van der Waals surface area contributed by atoms with Gasteiger partial charge in [-0.2, -0.15) is 0 Å². The summed E-state index contributed by atoms with van der Waals surface area (Å²) in [6.45, 7) is 7.01. The molecule has 0 aliphatic carbocycles. The molecule has 0 saturated carbocycles.